The maximum Gasteiger partial charge on any atom is 0.273 e. The lowest BCUT2D eigenvalue weighted by atomic mass is 9.85. The normalized spacial score (nSPS) is 16.6. The van der Waals surface area contributed by atoms with Crippen LogP contribution in [0.15, 0.2) is 82.8 Å². The Morgan fingerprint density at radius 3 is 2.31 bits per heavy atom. The highest BCUT2D eigenvalue weighted by atomic mass is 32.1. The minimum atomic E-state index is -1.01. The van der Waals surface area contributed by atoms with Crippen LogP contribution in [0.2, 0.25) is 0 Å². The van der Waals surface area contributed by atoms with Gasteiger partial charge >= 0.3 is 0 Å². The zero-order chi connectivity index (χ0) is 52.9. The number of rotatable bonds is 23. The van der Waals surface area contributed by atoms with E-state index in [0.717, 1.165) is 40.1 Å². The van der Waals surface area contributed by atoms with Gasteiger partial charge in [0.05, 0.1) is 60.2 Å². The molecule has 7 rings (SSSR count). The van der Waals surface area contributed by atoms with Crippen molar-refractivity contribution in [3.8, 4) is 27.5 Å². The average molecular weight is 1040 g/mol. The molecule has 1 fully saturated rings. The highest BCUT2D eigenvalue weighted by Gasteiger charge is 2.44. The van der Waals surface area contributed by atoms with Gasteiger partial charge in [-0.2, -0.15) is 0 Å². The summed E-state index contributed by atoms with van der Waals surface area (Å²) in [6.45, 7) is 7.59. The number of nitrogens with zero attached hydrogens (tertiary/aromatic N) is 4. The molecule has 6 N–H and O–H groups in total. The van der Waals surface area contributed by atoms with Crippen molar-refractivity contribution in [1.29, 1.82) is 0 Å². The standard InChI is InChI=1S/C53H64N8O12S/c1-32-47(74-31-56-32)35-12-10-33(11-13-35)27-55-50(67)42-25-37(62)28-61(42)52(69)48(53(2,3)4)58-46(65)30-72-23-21-70-20-22-71-29-45(64)54-18-19-60(5)51(68)39-16-14-36(24-43(39)63)44-26-41(59-73-44)49(66)57-40-17-15-34-8-6-7-9-38(34)40/h6-14,16,24,26,31,37,40,42,48,62-63H,15,17-23,25,27-30H2,1-5H3,(H,54,64)(H,55,67)(H,57,66)(H,58,65)/t37-,40-,42+,48-/m1/s1. The van der Waals surface area contributed by atoms with E-state index < -0.39 is 53.1 Å². The molecule has 3 heterocycles. The molecule has 1 aliphatic heterocycles. The van der Waals surface area contributed by atoms with Crippen LogP contribution in [0.25, 0.3) is 21.8 Å². The molecule has 1 aliphatic carbocycles. The van der Waals surface area contributed by atoms with Gasteiger partial charge in [-0.25, -0.2) is 4.98 Å². The van der Waals surface area contributed by atoms with Crippen LogP contribution in [-0.4, -0.2) is 150 Å². The number of likely N-dealkylation sites (tertiary alicyclic amines) is 1. The van der Waals surface area contributed by atoms with Crippen LogP contribution in [0, 0.1) is 12.3 Å². The summed E-state index contributed by atoms with van der Waals surface area (Å²) in [5.41, 5.74) is 6.74. The quantitative estimate of drug-likeness (QED) is 0.0507. The van der Waals surface area contributed by atoms with Crippen LogP contribution in [0.5, 0.6) is 5.75 Å². The number of aromatic nitrogens is 2. The smallest absolute Gasteiger partial charge is 0.273 e. The molecule has 2 aliphatic rings. The van der Waals surface area contributed by atoms with E-state index in [9.17, 15) is 39.0 Å². The van der Waals surface area contributed by atoms with Gasteiger partial charge in [-0.15, -0.1) is 11.3 Å². The molecule has 1 saturated heterocycles. The lowest BCUT2D eigenvalue weighted by Crippen LogP contribution is -2.58. The molecular weight excluding hydrogens is 973 g/mol. The number of β-amino-alcohol motifs (C(OH)–C–C–N with tert-alkyl or cyclic N) is 1. The van der Waals surface area contributed by atoms with E-state index in [1.807, 2.05) is 49.4 Å². The van der Waals surface area contributed by atoms with Crippen LogP contribution >= 0.6 is 11.3 Å². The van der Waals surface area contributed by atoms with E-state index in [1.165, 1.54) is 40.6 Å². The third-order valence-corrected chi connectivity index (χ3v) is 13.7. The maximum absolute atomic E-state index is 13.9. The summed E-state index contributed by atoms with van der Waals surface area (Å²) in [6, 6.07) is 19.6. The second kappa shape index (κ2) is 25.3. The number of nitrogens with one attached hydrogen (secondary N) is 4. The number of phenolic OH excluding ortho intramolecular Hbond substituents is 1. The van der Waals surface area contributed by atoms with Gasteiger partial charge in [0, 0.05) is 51.3 Å². The van der Waals surface area contributed by atoms with Gasteiger partial charge in [0.1, 0.15) is 31.0 Å². The Hall–Kier alpha value is -7.04. The number of likely N-dealkylation sites (N-methyl/N-ethyl adjacent to an activating group) is 1. The predicted octanol–water partition coefficient (Wildman–Crippen LogP) is 3.94. The summed E-state index contributed by atoms with van der Waals surface area (Å²) in [5.74, 6) is -2.75. The van der Waals surface area contributed by atoms with Crippen LogP contribution in [-0.2, 0) is 46.4 Å². The molecule has 74 heavy (non-hydrogen) atoms. The minimum Gasteiger partial charge on any atom is -0.507 e. The van der Waals surface area contributed by atoms with Crippen LogP contribution in [0.1, 0.15) is 82.9 Å². The number of amides is 6. The Morgan fingerprint density at radius 1 is 0.905 bits per heavy atom. The number of fused-ring (bicyclic) bond motifs is 1. The van der Waals surface area contributed by atoms with E-state index in [2.05, 4.69) is 37.5 Å². The fourth-order valence-electron chi connectivity index (χ4n) is 8.69. The first kappa shape index (κ1) is 54.7. The Kier molecular flexibility index (Phi) is 18.7. The summed E-state index contributed by atoms with van der Waals surface area (Å²) in [7, 11) is 1.54. The molecule has 3 aromatic carbocycles. The highest BCUT2D eigenvalue weighted by Crippen LogP contribution is 2.33. The second-order valence-corrected chi connectivity index (χ2v) is 20.2. The number of aliphatic hydroxyl groups excluding tert-OH is 1. The minimum absolute atomic E-state index is 0.0349. The van der Waals surface area contributed by atoms with Gasteiger partial charge in [-0.3, -0.25) is 28.8 Å². The van der Waals surface area contributed by atoms with Gasteiger partial charge in [0.15, 0.2) is 11.5 Å². The van der Waals surface area contributed by atoms with Crippen LogP contribution in [0.4, 0.5) is 0 Å². The second-order valence-electron chi connectivity index (χ2n) is 19.3. The summed E-state index contributed by atoms with van der Waals surface area (Å²) in [6.07, 6.45) is 0.832. The topological polar surface area (TPSA) is 264 Å². The van der Waals surface area contributed by atoms with Gasteiger partial charge in [-0.1, -0.05) is 80.5 Å². The van der Waals surface area contributed by atoms with E-state index in [4.69, 9.17) is 18.7 Å². The van der Waals surface area contributed by atoms with E-state index in [0.29, 0.717) is 5.56 Å². The third kappa shape index (κ3) is 14.4. The first-order valence-electron chi connectivity index (χ1n) is 24.5. The largest absolute Gasteiger partial charge is 0.507 e. The number of aryl methyl sites for hydroxylation is 2. The Balaban J connectivity index is 0.739. The van der Waals surface area contributed by atoms with E-state index in [-0.39, 0.29) is 107 Å². The molecule has 0 spiro atoms. The van der Waals surface area contributed by atoms with Crippen molar-refractivity contribution in [2.45, 2.75) is 77.7 Å². The van der Waals surface area contributed by atoms with Crippen LogP contribution in [0.3, 0.4) is 0 Å². The Labute approximate surface area is 433 Å². The van der Waals surface area contributed by atoms with Gasteiger partial charge in [-0.05, 0) is 59.6 Å². The van der Waals surface area contributed by atoms with E-state index >= 15 is 0 Å². The molecular formula is C53H64N8O12S. The molecule has 20 nitrogen and oxygen atoms in total. The fourth-order valence-corrected chi connectivity index (χ4v) is 9.51. The molecule has 2 aromatic heterocycles. The fraction of sp³-hybridized carbons (Fsp3) is 0.434. The number of phenols is 1. The number of carbonyl (C=O) groups is 6. The predicted molar refractivity (Wildman–Crippen MR) is 273 cm³/mol. The van der Waals surface area contributed by atoms with Gasteiger partial charge in [0.25, 0.3) is 11.8 Å². The van der Waals surface area contributed by atoms with Crippen LogP contribution < -0.4 is 21.3 Å². The van der Waals surface area contributed by atoms with E-state index in [1.54, 1.807) is 43.7 Å². The molecule has 0 unspecified atom stereocenters. The molecule has 0 bridgehead atoms. The first-order chi connectivity index (χ1) is 35.5. The summed E-state index contributed by atoms with van der Waals surface area (Å²) in [5, 5.41) is 36.6. The zero-order valence-corrected chi connectivity index (χ0v) is 43.0. The number of aliphatic hydroxyl groups is 1. The maximum atomic E-state index is 13.9. The number of hydrogen-bond donors (Lipinski definition) is 6. The third-order valence-electron chi connectivity index (χ3n) is 12.7. The Bertz CT molecular complexity index is 2770. The van der Waals surface area contributed by atoms with Crippen molar-refractivity contribution in [3.63, 3.8) is 0 Å². The molecule has 0 radical (unpaired) electrons. The summed E-state index contributed by atoms with van der Waals surface area (Å²) in [4.78, 5) is 86.8. The van der Waals surface area contributed by atoms with Crippen molar-refractivity contribution in [1.82, 2.24) is 41.2 Å². The highest BCUT2D eigenvalue weighted by molar-refractivity contribution is 7.13. The molecule has 6 amide bonds. The zero-order valence-electron chi connectivity index (χ0n) is 42.2. The number of hydrogen-bond acceptors (Lipinski definition) is 15. The SMILES string of the molecule is Cc1ncsc1-c1ccc(CNC(=O)[C@@H]2C[C@@H](O)CN2C(=O)[C@@H](NC(=O)COCCOCCOCC(=O)NCCN(C)C(=O)c2ccc(-c3cc(C(=O)N[C@@H]4CCc5ccccc54)no3)cc2O)C(C)(C)C)cc1. The number of thiazole rings is 1. The Morgan fingerprint density at radius 2 is 1.61 bits per heavy atom. The van der Waals surface area contributed by atoms with Crippen molar-refractivity contribution in [3.05, 3.63) is 112 Å². The molecule has 394 valence electrons. The lowest BCUT2D eigenvalue weighted by molar-refractivity contribution is -0.144. The monoisotopic (exact) mass is 1040 g/mol. The van der Waals surface area contributed by atoms with Crippen molar-refractivity contribution >= 4 is 46.8 Å². The van der Waals surface area contributed by atoms with Crippen molar-refractivity contribution < 1.29 is 57.7 Å². The van der Waals surface area contributed by atoms with Crippen molar-refractivity contribution in [2.75, 3.05) is 66.3 Å². The molecule has 21 heteroatoms. The van der Waals surface area contributed by atoms with Gasteiger partial charge < -0.3 is 60.0 Å². The lowest BCUT2D eigenvalue weighted by Gasteiger charge is -2.35. The molecule has 4 atom stereocenters. The number of benzene rings is 3. The van der Waals surface area contributed by atoms with Crippen molar-refractivity contribution in [2.24, 2.45) is 5.41 Å². The number of carbonyl (C=O) groups excluding carboxylic acids is 6. The average Bonchev–Trinajstić information content (AvgIpc) is 4.21. The molecule has 0 saturated carbocycles. The summed E-state index contributed by atoms with van der Waals surface area (Å²) >= 11 is 1.56. The number of ether oxygens (including phenoxy) is 3. The van der Waals surface area contributed by atoms with Gasteiger partial charge in [0.2, 0.25) is 23.6 Å². The first-order valence-corrected chi connectivity index (χ1v) is 25.3. The number of aromatic hydroxyl groups is 1. The molecule has 5 aromatic rings. The summed E-state index contributed by atoms with van der Waals surface area (Å²) < 4.78 is 21.8.